The largest absolute Gasteiger partial charge is 0.345 e. The summed E-state index contributed by atoms with van der Waals surface area (Å²) in [6.07, 6.45) is 5.46. The Kier molecular flexibility index (Phi) is 4.16. The van der Waals surface area contributed by atoms with Crippen molar-refractivity contribution in [2.24, 2.45) is 5.92 Å². The molecule has 1 saturated heterocycles. The van der Waals surface area contributed by atoms with Gasteiger partial charge < -0.3 is 4.98 Å². The SMILES string of the molecule is CCC1C[C@H](NS(=O)(=O)N2CC(F)(F)C2)C[C@@H]1c1nnc2cnc3[nH]ccc3n12. The van der Waals surface area contributed by atoms with E-state index in [9.17, 15) is 17.2 Å². The summed E-state index contributed by atoms with van der Waals surface area (Å²) in [5.41, 5.74) is 2.22. The van der Waals surface area contributed by atoms with Gasteiger partial charge in [0.1, 0.15) is 5.82 Å². The zero-order chi connectivity index (χ0) is 20.4. The Morgan fingerprint density at radius 1 is 1.31 bits per heavy atom. The fourth-order valence-electron chi connectivity index (χ4n) is 4.55. The second-order valence-corrected chi connectivity index (χ2v) is 9.61. The van der Waals surface area contributed by atoms with Crippen LogP contribution in [0.5, 0.6) is 0 Å². The van der Waals surface area contributed by atoms with Gasteiger partial charge >= 0.3 is 0 Å². The van der Waals surface area contributed by atoms with Crippen molar-refractivity contribution in [2.45, 2.75) is 44.1 Å². The quantitative estimate of drug-likeness (QED) is 0.646. The summed E-state index contributed by atoms with van der Waals surface area (Å²) in [5.74, 6) is -1.96. The van der Waals surface area contributed by atoms with Crippen LogP contribution in [0.3, 0.4) is 0 Å². The van der Waals surface area contributed by atoms with Crippen LogP contribution in [0.4, 0.5) is 8.78 Å². The van der Waals surface area contributed by atoms with Gasteiger partial charge in [0.2, 0.25) is 0 Å². The van der Waals surface area contributed by atoms with Crippen molar-refractivity contribution in [2.75, 3.05) is 13.1 Å². The minimum atomic E-state index is -3.92. The summed E-state index contributed by atoms with van der Waals surface area (Å²) in [7, 11) is -3.92. The summed E-state index contributed by atoms with van der Waals surface area (Å²) in [6, 6.07) is 1.57. The molecule has 0 aromatic carbocycles. The highest BCUT2D eigenvalue weighted by Crippen LogP contribution is 2.42. The zero-order valence-electron chi connectivity index (χ0n) is 15.7. The molecule has 3 atom stereocenters. The minimum Gasteiger partial charge on any atom is -0.345 e. The smallest absolute Gasteiger partial charge is 0.280 e. The van der Waals surface area contributed by atoms with Crippen LogP contribution in [0.15, 0.2) is 18.5 Å². The van der Waals surface area contributed by atoms with Crippen molar-refractivity contribution in [3.8, 4) is 0 Å². The van der Waals surface area contributed by atoms with Crippen molar-refractivity contribution in [1.82, 2.24) is 33.6 Å². The lowest BCUT2D eigenvalue weighted by atomic mass is 9.93. The van der Waals surface area contributed by atoms with E-state index in [0.29, 0.717) is 18.5 Å². The van der Waals surface area contributed by atoms with Crippen LogP contribution in [-0.2, 0) is 10.2 Å². The Morgan fingerprint density at radius 3 is 2.83 bits per heavy atom. The van der Waals surface area contributed by atoms with E-state index in [1.807, 2.05) is 10.5 Å². The van der Waals surface area contributed by atoms with Gasteiger partial charge in [-0.1, -0.05) is 13.3 Å². The number of halogens is 2. The predicted molar refractivity (Wildman–Crippen MR) is 101 cm³/mol. The molecule has 0 amide bonds. The van der Waals surface area contributed by atoms with Crippen LogP contribution in [0, 0.1) is 5.92 Å². The molecule has 9 nitrogen and oxygen atoms in total. The first-order valence-electron chi connectivity index (χ1n) is 9.60. The number of nitrogens with one attached hydrogen (secondary N) is 2. The number of aromatic nitrogens is 5. The molecule has 3 aromatic heterocycles. The number of nitrogens with zero attached hydrogens (tertiary/aromatic N) is 5. The summed E-state index contributed by atoms with van der Waals surface area (Å²) in [5, 5.41) is 8.62. The van der Waals surface area contributed by atoms with Crippen molar-refractivity contribution in [3.63, 3.8) is 0 Å². The van der Waals surface area contributed by atoms with Crippen LogP contribution in [0.25, 0.3) is 16.8 Å². The molecule has 12 heteroatoms. The van der Waals surface area contributed by atoms with Crippen LogP contribution >= 0.6 is 0 Å². The van der Waals surface area contributed by atoms with Gasteiger partial charge in [-0.05, 0) is 24.8 Å². The molecule has 29 heavy (non-hydrogen) atoms. The van der Waals surface area contributed by atoms with Crippen molar-refractivity contribution < 1.29 is 17.2 Å². The summed E-state index contributed by atoms with van der Waals surface area (Å²) in [6.45, 7) is 0.535. The molecule has 2 fully saturated rings. The monoisotopic (exact) mass is 425 g/mol. The molecule has 1 saturated carbocycles. The Labute approximate surface area is 165 Å². The average molecular weight is 425 g/mol. The maximum absolute atomic E-state index is 13.1. The van der Waals surface area contributed by atoms with Crippen LogP contribution < -0.4 is 4.72 Å². The third-order valence-corrected chi connectivity index (χ3v) is 7.56. The van der Waals surface area contributed by atoms with Crippen molar-refractivity contribution >= 4 is 27.0 Å². The number of fused-ring (bicyclic) bond motifs is 3. The third-order valence-electron chi connectivity index (χ3n) is 5.99. The van der Waals surface area contributed by atoms with E-state index in [2.05, 4.69) is 31.8 Å². The second kappa shape index (κ2) is 6.41. The summed E-state index contributed by atoms with van der Waals surface area (Å²) < 4.78 is 56.4. The Hall–Kier alpha value is -2.18. The number of rotatable bonds is 5. The normalized spacial score (nSPS) is 27.6. The van der Waals surface area contributed by atoms with E-state index in [-0.39, 0.29) is 17.9 Å². The van der Waals surface area contributed by atoms with Gasteiger partial charge in [0.05, 0.1) is 24.8 Å². The van der Waals surface area contributed by atoms with Gasteiger partial charge in [-0.2, -0.15) is 17.4 Å². The minimum absolute atomic E-state index is 0.000955. The first kappa shape index (κ1) is 18.8. The standard InChI is InChI=1S/C17H21F2N7O2S/c1-2-10-5-11(24-29(27,28)25-8-17(18,19)9-25)6-12(10)16-23-22-14-7-21-15-13(26(14)16)3-4-20-15/h3-4,7,10-12,20,24H,2,5-6,8-9H2,1H3/t10?,11-,12-/m0/s1. The van der Waals surface area contributed by atoms with Crippen LogP contribution in [0.2, 0.25) is 0 Å². The second-order valence-electron chi connectivity index (χ2n) is 7.91. The number of hydrogen-bond donors (Lipinski definition) is 2. The van der Waals surface area contributed by atoms with E-state index in [4.69, 9.17) is 0 Å². The van der Waals surface area contributed by atoms with Gasteiger partial charge in [0.25, 0.3) is 16.1 Å². The van der Waals surface area contributed by atoms with Gasteiger partial charge in [-0.15, -0.1) is 10.2 Å². The molecule has 1 aliphatic carbocycles. The van der Waals surface area contributed by atoms with Gasteiger partial charge in [-0.3, -0.25) is 4.40 Å². The van der Waals surface area contributed by atoms with E-state index in [0.717, 1.165) is 27.7 Å². The molecule has 2 N–H and O–H groups in total. The number of hydrogen-bond acceptors (Lipinski definition) is 5. The average Bonchev–Trinajstić information content (AvgIpc) is 3.35. The molecule has 0 spiro atoms. The van der Waals surface area contributed by atoms with E-state index in [1.165, 1.54) is 0 Å². The molecular weight excluding hydrogens is 404 g/mol. The Morgan fingerprint density at radius 2 is 2.10 bits per heavy atom. The van der Waals surface area contributed by atoms with E-state index >= 15 is 0 Å². The maximum atomic E-state index is 13.1. The molecule has 1 aliphatic heterocycles. The molecule has 4 heterocycles. The summed E-state index contributed by atoms with van der Waals surface area (Å²) >= 11 is 0. The Balaban J connectivity index is 1.42. The van der Waals surface area contributed by atoms with E-state index in [1.54, 1.807) is 12.4 Å². The van der Waals surface area contributed by atoms with Crippen molar-refractivity contribution in [1.29, 1.82) is 0 Å². The Bertz CT molecular complexity index is 1170. The molecule has 3 aromatic rings. The first-order chi connectivity index (χ1) is 13.8. The van der Waals surface area contributed by atoms with Gasteiger partial charge in [0, 0.05) is 18.2 Å². The number of aromatic amines is 1. The van der Waals surface area contributed by atoms with Crippen LogP contribution in [-0.4, -0.2) is 62.3 Å². The topological polar surface area (TPSA) is 108 Å². The highest BCUT2D eigenvalue weighted by molar-refractivity contribution is 7.87. The maximum Gasteiger partial charge on any atom is 0.280 e. The molecule has 5 rings (SSSR count). The highest BCUT2D eigenvalue weighted by atomic mass is 32.2. The van der Waals surface area contributed by atoms with Gasteiger partial charge in [0.15, 0.2) is 11.3 Å². The lowest BCUT2D eigenvalue weighted by Crippen LogP contribution is -2.61. The molecule has 2 aliphatic rings. The lowest BCUT2D eigenvalue weighted by molar-refractivity contribution is -0.0950. The van der Waals surface area contributed by atoms with Crippen molar-refractivity contribution in [3.05, 3.63) is 24.3 Å². The fraction of sp³-hybridized carbons (Fsp3) is 0.588. The van der Waals surface area contributed by atoms with Gasteiger partial charge in [-0.25, -0.2) is 13.8 Å². The molecular formula is C17H21F2N7O2S. The highest BCUT2D eigenvalue weighted by Gasteiger charge is 2.50. The summed E-state index contributed by atoms with van der Waals surface area (Å²) in [4.78, 5) is 7.39. The molecule has 0 bridgehead atoms. The van der Waals surface area contributed by atoms with E-state index < -0.39 is 29.2 Å². The third kappa shape index (κ3) is 3.09. The predicted octanol–water partition coefficient (Wildman–Crippen LogP) is 1.66. The number of H-pyrrole nitrogens is 1. The number of alkyl halides is 2. The fourth-order valence-corrected chi connectivity index (χ4v) is 6.03. The van der Waals surface area contributed by atoms with Crippen LogP contribution in [0.1, 0.15) is 37.9 Å². The molecule has 156 valence electrons. The first-order valence-corrected chi connectivity index (χ1v) is 11.0. The molecule has 0 radical (unpaired) electrons. The molecule has 1 unspecified atom stereocenters. The lowest BCUT2D eigenvalue weighted by Gasteiger charge is -2.37. The zero-order valence-corrected chi connectivity index (χ0v) is 16.5.